The monoisotopic (exact) mass is 391 g/mol. The number of hydrogen-bond acceptors (Lipinski definition) is 3. The molecule has 0 saturated heterocycles. The Balaban J connectivity index is 2.11. The number of fused-ring (bicyclic) bond motifs is 1. The maximum Gasteiger partial charge on any atom is 0.0743 e. The zero-order chi connectivity index (χ0) is 14.1. The van der Waals surface area contributed by atoms with Crippen molar-refractivity contribution in [3.8, 4) is 0 Å². The van der Waals surface area contributed by atoms with E-state index < -0.39 is 0 Å². The fraction of sp³-hybridized carbons (Fsp3) is 0. The highest BCUT2D eigenvalue weighted by molar-refractivity contribution is 9.11. The van der Waals surface area contributed by atoms with Gasteiger partial charge in [-0.3, -0.25) is 4.98 Å². The highest BCUT2D eigenvalue weighted by atomic mass is 79.9. The highest BCUT2D eigenvalue weighted by Crippen LogP contribution is 2.35. The maximum absolute atomic E-state index is 5.80. The molecule has 3 nitrogen and oxygen atoms in total. The number of aromatic nitrogens is 1. The molecule has 0 aliphatic heterocycles. The molecule has 0 amide bonds. The fourth-order valence-corrected chi connectivity index (χ4v) is 3.22. The minimum atomic E-state index is 0.712. The molecule has 3 rings (SSSR count). The second-order valence-corrected chi connectivity index (χ2v) is 6.07. The Morgan fingerprint density at radius 2 is 1.75 bits per heavy atom. The summed E-state index contributed by atoms with van der Waals surface area (Å²) in [6.07, 6.45) is 1.77. The first-order chi connectivity index (χ1) is 9.65. The minimum Gasteiger partial charge on any atom is -0.399 e. The number of nitrogens with zero attached hydrogens (tertiary/aromatic N) is 1. The van der Waals surface area contributed by atoms with Gasteiger partial charge in [0.2, 0.25) is 0 Å². The zero-order valence-electron chi connectivity index (χ0n) is 10.4. The van der Waals surface area contributed by atoms with E-state index in [1.165, 1.54) is 0 Å². The molecular weight excluding hydrogens is 382 g/mol. The first-order valence-corrected chi connectivity index (χ1v) is 7.59. The summed E-state index contributed by atoms with van der Waals surface area (Å²) in [5.41, 5.74) is 9.36. The van der Waals surface area contributed by atoms with Crippen molar-refractivity contribution in [1.82, 2.24) is 4.98 Å². The van der Waals surface area contributed by atoms with Crippen LogP contribution in [0.1, 0.15) is 0 Å². The number of nitrogens with one attached hydrogen (secondary N) is 1. The van der Waals surface area contributed by atoms with Crippen LogP contribution >= 0.6 is 31.9 Å². The molecule has 1 aromatic heterocycles. The van der Waals surface area contributed by atoms with Crippen molar-refractivity contribution in [2.75, 3.05) is 11.1 Å². The zero-order valence-corrected chi connectivity index (χ0v) is 13.6. The maximum atomic E-state index is 5.80. The minimum absolute atomic E-state index is 0.712. The molecule has 5 heteroatoms. The lowest BCUT2D eigenvalue weighted by Crippen LogP contribution is -1.95. The van der Waals surface area contributed by atoms with Gasteiger partial charge in [0.1, 0.15) is 0 Å². The Kier molecular flexibility index (Phi) is 3.63. The van der Waals surface area contributed by atoms with Gasteiger partial charge in [-0.2, -0.15) is 0 Å². The Labute approximate surface area is 133 Å². The number of anilines is 3. The summed E-state index contributed by atoms with van der Waals surface area (Å²) in [5.74, 6) is 0. The number of para-hydroxylation sites is 1. The van der Waals surface area contributed by atoms with E-state index in [0.717, 1.165) is 31.2 Å². The molecule has 0 atom stereocenters. The molecule has 0 aliphatic rings. The summed E-state index contributed by atoms with van der Waals surface area (Å²) in [6.45, 7) is 0. The number of hydrogen-bond donors (Lipinski definition) is 2. The SMILES string of the molecule is Nc1ccc2c(Nc3c(Br)cccc3Br)ccnc2c1. The third-order valence-corrected chi connectivity index (χ3v) is 4.31. The predicted molar refractivity (Wildman–Crippen MR) is 91.3 cm³/mol. The summed E-state index contributed by atoms with van der Waals surface area (Å²) >= 11 is 7.10. The lowest BCUT2D eigenvalue weighted by Gasteiger charge is -2.13. The quantitative estimate of drug-likeness (QED) is 0.597. The average Bonchev–Trinajstić information content (AvgIpc) is 2.42. The van der Waals surface area contributed by atoms with E-state index in [4.69, 9.17) is 5.73 Å². The van der Waals surface area contributed by atoms with Gasteiger partial charge in [-0.25, -0.2) is 0 Å². The van der Waals surface area contributed by atoms with Crippen molar-refractivity contribution in [2.24, 2.45) is 0 Å². The van der Waals surface area contributed by atoms with Gasteiger partial charge in [0.15, 0.2) is 0 Å². The van der Waals surface area contributed by atoms with E-state index in [1.807, 2.05) is 42.5 Å². The van der Waals surface area contributed by atoms with Crippen LogP contribution in [-0.2, 0) is 0 Å². The van der Waals surface area contributed by atoms with Crippen molar-refractivity contribution in [1.29, 1.82) is 0 Å². The van der Waals surface area contributed by atoms with E-state index >= 15 is 0 Å². The lowest BCUT2D eigenvalue weighted by atomic mass is 10.1. The van der Waals surface area contributed by atoms with E-state index in [9.17, 15) is 0 Å². The van der Waals surface area contributed by atoms with Gasteiger partial charge in [0.25, 0.3) is 0 Å². The number of nitrogen functional groups attached to an aromatic ring is 1. The summed E-state index contributed by atoms with van der Waals surface area (Å²) < 4.78 is 1.99. The van der Waals surface area contributed by atoms with Crippen LogP contribution in [0.2, 0.25) is 0 Å². The standard InChI is InChI=1S/C15H11Br2N3/c16-11-2-1-3-12(17)15(11)20-13-6-7-19-14-8-9(18)4-5-10(13)14/h1-8H,18H2,(H,19,20). The van der Waals surface area contributed by atoms with Gasteiger partial charge < -0.3 is 11.1 Å². The molecule has 0 bridgehead atoms. The summed E-state index contributed by atoms with van der Waals surface area (Å²) in [5, 5.41) is 4.46. The van der Waals surface area contributed by atoms with Crippen LogP contribution in [0.15, 0.2) is 57.6 Å². The van der Waals surface area contributed by atoms with Crippen LogP contribution in [0.5, 0.6) is 0 Å². The Morgan fingerprint density at radius 3 is 2.50 bits per heavy atom. The molecule has 0 radical (unpaired) electrons. The Hall–Kier alpha value is -1.59. The van der Waals surface area contributed by atoms with Crippen LogP contribution in [0.4, 0.5) is 17.1 Å². The number of rotatable bonds is 2. The normalized spacial score (nSPS) is 10.7. The Bertz CT molecular complexity index is 767. The first kappa shape index (κ1) is 13.4. The molecule has 0 spiro atoms. The first-order valence-electron chi connectivity index (χ1n) is 6.00. The second kappa shape index (κ2) is 5.42. The van der Waals surface area contributed by atoms with Crippen molar-refractivity contribution in [2.45, 2.75) is 0 Å². The largest absolute Gasteiger partial charge is 0.399 e. The van der Waals surface area contributed by atoms with Gasteiger partial charge in [-0.15, -0.1) is 0 Å². The lowest BCUT2D eigenvalue weighted by molar-refractivity contribution is 1.40. The van der Waals surface area contributed by atoms with Gasteiger partial charge in [-0.05, 0) is 68.3 Å². The molecular formula is C15H11Br2N3. The highest BCUT2D eigenvalue weighted by Gasteiger charge is 2.07. The number of benzene rings is 2. The third kappa shape index (κ3) is 2.51. The summed E-state index contributed by atoms with van der Waals surface area (Å²) in [7, 11) is 0. The summed E-state index contributed by atoms with van der Waals surface area (Å²) in [4.78, 5) is 4.35. The van der Waals surface area contributed by atoms with Gasteiger partial charge >= 0.3 is 0 Å². The van der Waals surface area contributed by atoms with Crippen molar-refractivity contribution in [3.05, 3.63) is 57.6 Å². The average molecular weight is 393 g/mol. The fourth-order valence-electron chi connectivity index (χ4n) is 2.03. The van der Waals surface area contributed by atoms with Crippen LogP contribution in [0, 0.1) is 0 Å². The van der Waals surface area contributed by atoms with Crippen molar-refractivity contribution >= 4 is 59.8 Å². The number of halogens is 2. The molecule has 3 N–H and O–H groups in total. The molecule has 3 aromatic rings. The molecule has 0 unspecified atom stereocenters. The van der Waals surface area contributed by atoms with Crippen molar-refractivity contribution < 1.29 is 0 Å². The molecule has 0 saturated carbocycles. The molecule has 20 heavy (non-hydrogen) atoms. The van der Waals surface area contributed by atoms with Crippen LogP contribution in [0.25, 0.3) is 10.9 Å². The molecule has 100 valence electrons. The van der Waals surface area contributed by atoms with E-state index in [0.29, 0.717) is 5.69 Å². The molecule has 2 aromatic carbocycles. The predicted octanol–water partition coefficient (Wildman–Crippen LogP) is 5.09. The number of pyridine rings is 1. The second-order valence-electron chi connectivity index (χ2n) is 4.36. The van der Waals surface area contributed by atoms with E-state index in [-0.39, 0.29) is 0 Å². The molecule has 0 aliphatic carbocycles. The number of nitrogens with two attached hydrogens (primary N) is 1. The smallest absolute Gasteiger partial charge is 0.0743 e. The van der Waals surface area contributed by atoms with Crippen LogP contribution in [0.3, 0.4) is 0 Å². The van der Waals surface area contributed by atoms with Gasteiger partial charge in [0, 0.05) is 31.9 Å². The van der Waals surface area contributed by atoms with Crippen molar-refractivity contribution in [3.63, 3.8) is 0 Å². The van der Waals surface area contributed by atoms with E-state index in [2.05, 4.69) is 42.2 Å². The van der Waals surface area contributed by atoms with Gasteiger partial charge in [-0.1, -0.05) is 6.07 Å². The summed E-state index contributed by atoms with van der Waals surface area (Å²) in [6, 6.07) is 13.6. The molecule has 1 heterocycles. The van der Waals surface area contributed by atoms with E-state index in [1.54, 1.807) is 6.20 Å². The van der Waals surface area contributed by atoms with Gasteiger partial charge in [0.05, 0.1) is 11.2 Å². The van der Waals surface area contributed by atoms with Crippen LogP contribution in [-0.4, -0.2) is 4.98 Å². The Morgan fingerprint density at radius 1 is 1.00 bits per heavy atom. The third-order valence-electron chi connectivity index (χ3n) is 2.99. The van der Waals surface area contributed by atoms with Crippen LogP contribution < -0.4 is 11.1 Å². The molecule has 0 fully saturated rings. The topological polar surface area (TPSA) is 50.9 Å².